The molecule has 0 amide bonds. The van der Waals surface area contributed by atoms with Gasteiger partial charge in [0.1, 0.15) is 5.75 Å². The van der Waals surface area contributed by atoms with Crippen LogP contribution < -0.4 is 4.74 Å². The van der Waals surface area contributed by atoms with E-state index in [1.807, 2.05) is 24.3 Å². The van der Waals surface area contributed by atoms with E-state index in [0.717, 1.165) is 11.3 Å². The second-order valence-corrected chi connectivity index (χ2v) is 3.38. The first-order chi connectivity index (χ1) is 7.33. The van der Waals surface area contributed by atoms with Crippen molar-refractivity contribution in [2.75, 3.05) is 7.11 Å². The third-order valence-corrected chi connectivity index (χ3v) is 2.28. The summed E-state index contributed by atoms with van der Waals surface area (Å²) in [5.74, 6) is 1.29. The maximum absolute atomic E-state index is 5.33. The van der Waals surface area contributed by atoms with Gasteiger partial charge in [-0.1, -0.05) is 11.8 Å². The zero-order chi connectivity index (χ0) is 10.7. The lowest BCUT2D eigenvalue weighted by atomic mass is 10.2. The molecule has 1 aromatic carbocycles. The number of benzene rings is 1. The minimum absolute atomic E-state index is 0.459. The SMILES string of the molecule is [CH2]Sc1nnc(-c2ccc(OC)cc2)o1. The Kier molecular flexibility index (Phi) is 2.91. The average Bonchev–Trinajstić information content (AvgIpc) is 2.78. The molecule has 0 fully saturated rings. The summed E-state index contributed by atoms with van der Waals surface area (Å²) in [6.07, 6.45) is 3.59. The van der Waals surface area contributed by atoms with Gasteiger partial charge in [-0.25, -0.2) is 0 Å². The Morgan fingerprint density at radius 3 is 2.53 bits per heavy atom. The summed E-state index contributed by atoms with van der Waals surface area (Å²) in [5.41, 5.74) is 0.864. The number of ether oxygens (including phenoxy) is 1. The number of rotatable bonds is 3. The van der Waals surface area contributed by atoms with Gasteiger partial charge >= 0.3 is 0 Å². The first-order valence-corrected chi connectivity index (χ1v) is 5.22. The van der Waals surface area contributed by atoms with Gasteiger partial charge in [0.2, 0.25) is 5.89 Å². The van der Waals surface area contributed by atoms with Crippen LogP contribution in [0.2, 0.25) is 0 Å². The molecule has 0 N–H and O–H groups in total. The summed E-state index contributed by atoms with van der Waals surface area (Å²) in [6.45, 7) is 0. The van der Waals surface area contributed by atoms with Crippen molar-refractivity contribution < 1.29 is 9.15 Å². The molecule has 0 aliphatic heterocycles. The predicted octanol–water partition coefficient (Wildman–Crippen LogP) is 2.63. The highest BCUT2D eigenvalue weighted by Crippen LogP contribution is 2.23. The molecule has 1 aromatic heterocycles. The van der Waals surface area contributed by atoms with E-state index in [1.54, 1.807) is 7.11 Å². The lowest BCUT2D eigenvalue weighted by molar-refractivity contribution is 0.414. The fraction of sp³-hybridized carbons (Fsp3) is 0.100. The second-order valence-electron chi connectivity index (χ2n) is 2.75. The molecule has 0 atom stereocenters. The third kappa shape index (κ3) is 2.12. The summed E-state index contributed by atoms with van der Waals surface area (Å²) < 4.78 is 10.4. The molecule has 2 aromatic rings. The van der Waals surface area contributed by atoms with Crippen LogP contribution in [0.5, 0.6) is 5.75 Å². The molecule has 0 unspecified atom stereocenters. The maximum atomic E-state index is 5.33. The first kappa shape index (κ1) is 10.0. The number of hydrogen-bond donors (Lipinski definition) is 0. The predicted molar refractivity (Wildman–Crippen MR) is 57.5 cm³/mol. The summed E-state index contributed by atoms with van der Waals surface area (Å²) >= 11 is 1.18. The van der Waals surface area contributed by atoms with E-state index in [1.165, 1.54) is 11.8 Å². The van der Waals surface area contributed by atoms with Gasteiger partial charge in [-0.05, 0) is 24.3 Å². The molecule has 1 radical (unpaired) electrons. The average molecular weight is 221 g/mol. The molecule has 0 aliphatic rings. The van der Waals surface area contributed by atoms with Gasteiger partial charge in [-0.2, -0.15) is 0 Å². The van der Waals surface area contributed by atoms with Crippen LogP contribution in [-0.2, 0) is 0 Å². The molecule has 0 aliphatic carbocycles. The molecule has 77 valence electrons. The highest BCUT2D eigenvalue weighted by Gasteiger charge is 2.07. The van der Waals surface area contributed by atoms with Crippen LogP contribution in [-0.4, -0.2) is 17.3 Å². The normalized spacial score (nSPS) is 10.3. The Hall–Kier alpha value is -1.49. The molecule has 0 bridgehead atoms. The Balaban J connectivity index is 2.28. The Morgan fingerprint density at radius 2 is 2.00 bits per heavy atom. The van der Waals surface area contributed by atoms with Gasteiger partial charge in [-0.3, -0.25) is 0 Å². The smallest absolute Gasteiger partial charge is 0.276 e. The van der Waals surface area contributed by atoms with Gasteiger partial charge in [0, 0.05) is 11.8 Å². The summed E-state index contributed by atoms with van der Waals surface area (Å²) in [4.78, 5) is 0. The van der Waals surface area contributed by atoms with E-state index in [4.69, 9.17) is 9.15 Å². The summed E-state index contributed by atoms with van der Waals surface area (Å²) in [5, 5.41) is 8.16. The second kappa shape index (κ2) is 4.35. The lowest BCUT2D eigenvalue weighted by Crippen LogP contribution is -1.82. The van der Waals surface area contributed by atoms with Gasteiger partial charge < -0.3 is 9.15 Å². The molecular formula is C10H9N2O2S. The van der Waals surface area contributed by atoms with Gasteiger partial charge in [-0.15, -0.1) is 10.2 Å². The van der Waals surface area contributed by atoms with Crippen LogP contribution in [0.3, 0.4) is 0 Å². The number of thioether (sulfide) groups is 1. The van der Waals surface area contributed by atoms with E-state index >= 15 is 0 Å². The van der Waals surface area contributed by atoms with Crippen LogP contribution in [0.1, 0.15) is 0 Å². The molecule has 5 heteroatoms. The molecule has 1 heterocycles. The van der Waals surface area contributed by atoms with E-state index in [2.05, 4.69) is 16.5 Å². The van der Waals surface area contributed by atoms with Crippen LogP contribution >= 0.6 is 11.8 Å². The number of aromatic nitrogens is 2. The van der Waals surface area contributed by atoms with Crippen LogP contribution in [0, 0.1) is 6.26 Å². The van der Waals surface area contributed by atoms with E-state index in [-0.39, 0.29) is 0 Å². The molecule has 15 heavy (non-hydrogen) atoms. The van der Waals surface area contributed by atoms with Crippen LogP contribution in [0.15, 0.2) is 33.9 Å². The van der Waals surface area contributed by atoms with Gasteiger partial charge in [0.25, 0.3) is 5.22 Å². The van der Waals surface area contributed by atoms with E-state index < -0.39 is 0 Å². The largest absolute Gasteiger partial charge is 0.497 e. The Morgan fingerprint density at radius 1 is 1.27 bits per heavy atom. The van der Waals surface area contributed by atoms with Crippen molar-refractivity contribution in [2.45, 2.75) is 5.22 Å². The zero-order valence-corrected chi connectivity index (χ0v) is 8.95. The molecule has 4 nitrogen and oxygen atoms in total. The van der Waals surface area contributed by atoms with E-state index in [0.29, 0.717) is 11.1 Å². The van der Waals surface area contributed by atoms with Crippen molar-refractivity contribution in [3.8, 4) is 17.2 Å². The maximum Gasteiger partial charge on any atom is 0.276 e. The standard InChI is InChI=1S/C10H9N2O2S/c1-13-8-5-3-7(4-6-8)9-11-12-10(14-9)15-2/h3-6H,2H2,1H3. The monoisotopic (exact) mass is 221 g/mol. The minimum atomic E-state index is 0.459. The van der Waals surface area contributed by atoms with Gasteiger partial charge in [0.05, 0.1) is 7.11 Å². The molecule has 0 spiro atoms. The van der Waals surface area contributed by atoms with Crippen molar-refractivity contribution in [1.29, 1.82) is 0 Å². The highest BCUT2D eigenvalue weighted by molar-refractivity contribution is 8.00. The van der Waals surface area contributed by atoms with Crippen molar-refractivity contribution in [2.24, 2.45) is 0 Å². The third-order valence-electron chi connectivity index (χ3n) is 1.87. The quantitative estimate of drug-likeness (QED) is 0.745. The highest BCUT2D eigenvalue weighted by atomic mass is 32.2. The van der Waals surface area contributed by atoms with Crippen molar-refractivity contribution >= 4 is 11.8 Å². The topological polar surface area (TPSA) is 48.2 Å². The van der Waals surface area contributed by atoms with Crippen LogP contribution in [0.25, 0.3) is 11.5 Å². The van der Waals surface area contributed by atoms with Crippen molar-refractivity contribution in [1.82, 2.24) is 10.2 Å². The molecular weight excluding hydrogens is 212 g/mol. The summed E-state index contributed by atoms with van der Waals surface area (Å²) in [6, 6.07) is 7.42. The molecule has 2 rings (SSSR count). The number of methoxy groups -OCH3 is 1. The number of nitrogens with zero attached hydrogens (tertiary/aromatic N) is 2. The van der Waals surface area contributed by atoms with Crippen molar-refractivity contribution in [3.05, 3.63) is 30.5 Å². The molecule has 0 saturated heterocycles. The minimum Gasteiger partial charge on any atom is -0.497 e. The Bertz CT molecular complexity index is 439. The Labute approximate surface area is 91.7 Å². The zero-order valence-electron chi connectivity index (χ0n) is 8.14. The van der Waals surface area contributed by atoms with Gasteiger partial charge in [0.15, 0.2) is 0 Å². The lowest BCUT2D eigenvalue weighted by Gasteiger charge is -1.98. The molecule has 0 saturated carbocycles. The first-order valence-electron chi connectivity index (χ1n) is 4.23. The fourth-order valence-electron chi connectivity index (χ4n) is 1.12. The van der Waals surface area contributed by atoms with E-state index in [9.17, 15) is 0 Å². The fourth-order valence-corrected chi connectivity index (χ4v) is 1.35. The van der Waals surface area contributed by atoms with Crippen molar-refractivity contribution in [3.63, 3.8) is 0 Å². The number of hydrogen-bond acceptors (Lipinski definition) is 5. The summed E-state index contributed by atoms with van der Waals surface area (Å²) in [7, 11) is 1.62. The van der Waals surface area contributed by atoms with Crippen LogP contribution in [0.4, 0.5) is 0 Å².